The van der Waals surface area contributed by atoms with Crippen molar-refractivity contribution in [3.05, 3.63) is 57.8 Å². The van der Waals surface area contributed by atoms with Gasteiger partial charge in [0.1, 0.15) is 0 Å². The molecule has 1 aliphatic carbocycles. The van der Waals surface area contributed by atoms with Gasteiger partial charge in [0, 0.05) is 50.0 Å². The SMILES string of the molecule is Cc1cccc(CN2CC[C@H]3[C@@H](C2)[C@H](c2ccsc2)CN3C(=O)C2CC2)c1. The predicted octanol–water partition coefficient (Wildman–Crippen LogP) is 4.28. The summed E-state index contributed by atoms with van der Waals surface area (Å²) < 4.78 is 0. The van der Waals surface area contributed by atoms with Crippen LogP contribution in [0.4, 0.5) is 0 Å². The summed E-state index contributed by atoms with van der Waals surface area (Å²) in [5.74, 6) is 1.84. The van der Waals surface area contributed by atoms with Gasteiger partial charge in [-0.3, -0.25) is 9.69 Å². The molecule has 4 heteroatoms. The second kappa shape index (κ2) is 7.06. The Kier molecular flexibility index (Phi) is 4.57. The zero-order valence-electron chi connectivity index (χ0n) is 16.0. The van der Waals surface area contributed by atoms with E-state index in [1.165, 1.54) is 16.7 Å². The van der Waals surface area contributed by atoms with Crippen molar-refractivity contribution < 1.29 is 4.79 Å². The third kappa shape index (κ3) is 3.45. The number of carbonyl (C=O) groups excluding carboxylic acids is 1. The minimum absolute atomic E-state index is 0.331. The Labute approximate surface area is 166 Å². The van der Waals surface area contributed by atoms with Crippen molar-refractivity contribution in [1.82, 2.24) is 9.80 Å². The van der Waals surface area contributed by atoms with Gasteiger partial charge in [-0.15, -0.1) is 0 Å². The molecule has 0 bridgehead atoms. The number of hydrogen-bond donors (Lipinski definition) is 0. The fraction of sp³-hybridized carbons (Fsp3) is 0.522. The molecule has 3 nitrogen and oxygen atoms in total. The van der Waals surface area contributed by atoms with E-state index in [-0.39, 0.29) is 0 Å². The first kappa shape index (κ1) is 17.4. The minimum atomic E-state index is 0.331. The predicted molar refractivity (Wildman–Crippen MR) is 110 cm³/mol. The molecule has 1 amide bonds. The van der Waals surface area contributed by atoms with Gasteiger partial charge in [0.25, 0.3) is 0 Å². The highest BCUT2D eigenvalue weighted by Gasteiger charge is 2.49. The van der Waals surface area contributed by atoms with Crippen LogP contribution >= 0.6 is 11.3 Å². The van der Waals surface area contributed by atoms with E-state index in [1.54, 1.807) is 11.3 Å². The number of rotatable bonds is 4. The van der Waals surface area contributed by atoms with E-state index in [0.717, 1.165) is 45.4 Å². The van der Waals surface area contributed by atoms with Gasteiger partial charge in [0.05, 0.1) is 0 Å². The van der Waals surface area contributed by atoms with Crippen LogP contribution in [0.2, 0.25) is 0 Å². The number of fused-ring (bicyclic) bond motifs is 1. The van der Waals surface area contributed by atoms with Crippen molar-refractivity contribution in [1.29, 1.82) is 0 Å². The molecule has 1 aromatic carbocycles. The van der Waals surface area contributed by atoms with Crippen LogP contribution in [0.1, 0.15) is 41.9 Å². The van der Waals surface area contributed by atoms with Crippen LogP contribution in [-0.4, -0.2) is 41.4 Å². The topological polar surface area (TPSA) is 23.6 Å². The summed E-state index contributed by atoms with van der Waals surface area (Å²) in [6.07, 6.45) is 3.33. The normalized spacial score (nSPS) is 28.3. The number of hydrogen-bond acceptors (Lipinski definition) is 3. The third-order valence-electron chi connectivity index (χ3n) is 6.68. The molecule has 27 heavy (non-hydrogen) atoms. The molecule has 2 aromatic rings. The van der Waals surface area contributed by atoms with Crippen LogP contribution in [0, 0.1) is 18.8 Å². The smallest absolute Gasteiger partial charge is 0.225 e. The molecule has 0 radical (unpaired) electrons. The van der Waals surface area contributed by atoms with Gasteiger partial charge >= 0.3 is 0 Å². The van der Waals surface area contributed by atoms with E-state index in [9.17, 15) is 4.79 Å². The lowest BCUT2D eigenvalue weighted by molar-refractivity contribution is -0.134. The van der Waals surface area contributed by atoms with E-state index < -0.39 is 0 Å². The van der Waals surface area contributed by atoms with Gasteiger partial charge in [-0.05, 0) is 54.1 Å². The van der Waals surface area contributed by atoms with E-state index in [2.05, 4.69) is 57.8 Å². The zero-order valence-corrected chi connectivity index (χ0v) is 16.8. The summed E-state index contributed by atoms with van der Waals surface area (Å²) in [5.41, 5.74) is 4.18. The molecule has 2 saturated heterocycles. The maximum Gasteiger partial charge on any atom is 0.225 e. The summed E-state index contributed by atoms with van der Waals surface area (Å²) in [4.78, 5) is 17.8. The zero-order chi connectivity index (χ0) is 18.4. The van der Waals surface area contributed by atoms with Crippen molar-refractivity contribution in [3.8, 4) is 0 Å². The first-order valence-electron chi connectivity index (χ1n) is 10.3. The molecule has 0 N–H and O–H groups in total. The number of aryl methyl sites for hydroxylation is 1. The van der Waals surface area contributed by atoms with Crippen LogP contribution in [0.3, 0.4) is 0 Å². The largest absolute Gasteiger partial charge is 0.338 e. The lowest BCUT2D eigenvalue weighted by atomic mass is 9.82. The van der Waals surface area contributed by atoms with Gasteiger partial charge < -0.3 is 4.90 Å². The van der Waals surface area contributed by atoms with Gasteiger partial charge in [-0.25, -0.2) is 0 Å². The number of likely N-dealkylation sites (tertiary alicyclic amines) is 2. The van der Waals surface area contributed by atoms with E-state index >= 15 is 0 Å². The van der Waals surface area contributed by atoms with Crippen LogP contribution in [0.5, 0.6) is 0 Å². The highest BCUT2D eigenvalue weighted by atomic mass is 32.1. The number of nitrogens with zero attached hydrogens (tertiary/aromatic N) is 2. The molecule has 1 aromatic heterocycles. The summed E-state index contributed by atoms with van der Waals surface area (Å²) in [7, 11) is 0. The number of benzene rings is 1. The number of amides is 1. The fourth-order valence-corrected chi connectivity index (χ4v) is 5.90. The summed E-state index contributed by atoms with van der Waals surface area (Å²) in [6.45, 7) is 6.33. The van der Waals surface area contributed by atoms with Crippen LogP contribution in [-0.2, 0) is 11.3 Å². The molecular weight excluding hydrogens is 352 g/mol. The van der Waals surface area contributed by atoms with Crippen molar-refractivity contribution >= 4 is 17.2 Å². The van der Waals surface area contributed by atoms with Crippen LogP contribution < -0.4 is 0 Å². The second-order valence-corrected chi connectivity index (χ2v) is 9.45. The molecule has 142 valence electrons. The Balaban J connectivity index is 1.36. The second-order valence-electron chi connectivity index (χ2n) is 8.67. The number of piperidine rings is 1. The molecule has 2 aliphatic heterocycles. The number of thiophene rings is 1. The Morgan fingerprint density at radius 1 is 1.19 bits per heavy atom. The maximum absolute atomic E-state index is 12.9. The van der Waals surface area contributed by atoms with Gasteiger partial charge in [0.2, 0.25) is 5.91 Å². The molecule has 5 rings (SSSR count). The minimum Gasteiger partial charge on any atom is -0.338 e. The van der Waals surface area contributed by atoms with Crippen molar-refractivity contribution in [2.45, 2.75) is 44.7 Å². The standard InChI is InChI=1S/C23H28N2OS/c1-16-3-2-4-17(11-16)12-24-9-7-22-21(13-24)20(19-8-10-27-15-19)14-25(22)23(26)18-5-6-18/h2-4,8,10-11,15,18,20-22H,5-7,9,12-14H2,1H3/t20-,21-,22-/m0/s1. The summed E-state index contributed by atoms with van der Waals surface area (Å²) in [5, 5.41) is 4.48. The van der Waals surface area contributed by atoms with E-state index in [4.69, 9.17) is 0 Å². The molecular formula is C23H28N2OS. The van der Waals surface area contributed by atoms with Crippen LogP contribution in [0.25, 0.3) is 0 Å². The highest BCUT2D eigenvalue weighted by Crippen LogP contribution is 2.44. The van der Waals surface area contributed by atoms with E-state index in [1.807, 2.05) is 0 Å². The lowest BCUT2D eigenvalue weighted by Crippen LogP contribution is -2.48. The molecule has 3 fully saturated rings. The monoisotopic (exact) mass is 380 g/mol. The average molecular weight is 381 g/mol. The molecule has 0 spiro atoms. The van der Waals surface area contributed by atoms with Gasteiger partial charge in [-0.1, -0.05) is 29.8 Å². The third-order valence-corrected chi connectivity index (χ3v) is 7.39. The summed E-state index contributed by atoms with van der Waals surface area (Å²) in [6, 6.07) is 11.6. The Morgan fingerprint density at radius 2 is 2.07 bits per heavy atom. The molecule has 3 atom stereocenters. The fourth-order valence-electron chi connectivity index (χ4n) is 5.17. The number of carbonyl (C=O) groups is 1. The van der Waals surface area contributed by atoms with Crippen molar-refractivity contribution in [2.75, 3.05) is 19.6 Å². The molecule has 1 saturated carbocycles. The lowest BCUT2D eigenvalue weighted by Gasteiger charge is -2.39. The maximum atomic E-state index is 12.9. The van der Waals surface area contributed by atoms with Gasteiger partial charge in [0.15, 0.2) is 0 Å². The van der Waals surface area contributed by atoms with E-state index in [0.29, 0.717) is 29.7 Å². The Bertz CT molecular complexity index is 814. The molecule has 3 heterocycles. The molecule has 3 aliphatic rings. The van der Waals surface area contributed by atoms with Crippen molar-refractivity contribution in [3.63, 3.8) is 0 Å². The van der Waals surface area contributed by atoms with Crippen molar-refractivity contribution in [2.24, 2.45) is 11.8 Å². The highest BCUT2D eigenvalue weighted by molar-refractivity contribution is 7.08. The first-order valence-corrected chi connectivity index (χ1v) is 11.2. The molecule has 0 unspecified atom stereocenters. The van der Waals surface area contributed by atoms with Crippen LogP contribution in [0.15, 0.2) is 41.1 Å². The average Bonchev–Trinajstić information content (AvgIpc) is 3.24. The Morgan fingerprint density at radius 3 is 2.81 bits per heavy atom. The quantitative estimate of drug-likeness (QED) is 0.790. The Hall–Kier alpha value is -1.65. The summed E-state index contributed by atoms with van der Waals surface area (Å²) >= 11 is 1.78. The first-order chi connectivity index (χ1) is 13.2. The van der Waals surface area contributed by atoms with Gasteiger partial charge in [-0.2, -0.15) is 11.3 Å².